The van der Waals surface area contributed by atoms with Crippen LogP contribution >= 0.6 is 0 Å². The second kappa shape index (κ2) is 4.53. The summed E-state index contributed by atoms with van der Waals surface area (Å²) in [6.45, 7) is 1.87. The number of nitrogens with one attached hydrogen (secondary N) is 1. The van der Waals surface area contributed by atoms with E-state index in [9.17, 15) is 9.59 Å². The summed E-state index contributed by atoms with van der Waals surface area (Å²) in [7, 11) is 0. The number of rotatable bonds is 4. The number of carbonyl (C=O) groups excluding carboxylic acids is 1. The molecule has 2 rings (SSSR count). The zero-order valence-electron chi connectivity index (χ0n) is 9.46. The second-order valence-corrected chi connectivity index (χ2v) is 4.30. The highest BCUT2D eigenvalue weighted by Crippen LogP contribution is 2.39. The van der Waals surface area contributed by atoms with E-state index in [-0.39, 0.29) is 17.9 Å². The lowest BCUT2D eigenvalue weighted by Gasteiger charge is -2.13. The number of amides is 1. The minimum absolute atomic E-state index is 0.124. The summed E-state index contributed by atoms with van der Waals surface area (Å²) in [6, 6.07) is 3.53. The molecule has 1 saturated carbocycles. The molecule has 5 nitrogen and oxygen atoms in total. The molecule has 1 heterocycles. The molecule has 2 N–H and O–H groups in total. The Hall–Kier alpha value is -1.91. The lowest BCUT2D eigenvalue weighted by Crippen LogP contribution is -2.29. The Bertz CT molecular complexity index is 433. The van der Waals surface area contributed by atoms with Crippen molar-refractivity contribution in [1.29, 1.82) is 0 Å². The van der Waals surface area contributed by atoms with Crippen molar-refractivity contribution in [3.8, 4) is 0 Å². The summed E-state index contributed by atoms with van der Waals surface area (Å²) in [4.78, 5) is 26.3. The molecule has 0 spiro atoms. The number of aromatic nitrogens is 1. The van der Waals surface area contributed by atoms with E-state index in [1.54, 1.807) is 12.4 Å². The summed E-state index contributed by atoms with van der Waals surface area (Å²) in [5.41, 5.74) is 0.959. The van der Waals surface area contributed by atoms with Crippen LogP contribution in [0.1, 0.15) is 24.9 Å². The molecule has 1 aliphatic carbocycles. The maximum Gasteiger partial charge on any atom is 0.307 e. The maximum absolute atomic E-state index is 11.7. The van der Waals surface area contributed by atoms with Crippen molar-refractivity contribution in [2.75, 3.05) is 0 Å². The third kappa shape index (κ3) is 2.61. The number of pyridine rings is 1. The summed E-state index contributed by atoms with van der Waals surface area (Å²) in [6.07, 6.45) is 3.77. The van der Waals surface area contributed by atoms with E-state index in [1.807, 2.05) is 19.1 Å². The van der Waals surface area contributed by atoms with Gasteiger partial charge in [-0.3, -0.25) is 14.6 Å². The fourth-order valence-corrected chi connectivity index (χ4v) is 1.81. The van der Waals surface area contributed by atoms with E-state index in [4.69, 9.17) is 5.11 Å². The summed E-state index contributed by atoms with van der Waals surface area (Å²) in [5, 5.41) is 11.5. The molecule has 0 aliphatic heterocycles. The van der Waals surface area contributed by atoms with Crippen molar-refractivity contribution < 1.29 is 14.7 Å². The van der Waals surface area contributed by atoms with E-state index in [1.165, 1.54) is 0 Å². The van der Waals surface area contributed by atoms with E-state index in [0.717, 1.165) is 5.56 Å². The van der Waals surface area contributed by atoms with Gasteiger partial charge in [-0.2, -0.15) is 0 Å². The van der Waals surface area contributed by atoms with Gasteiger partial charge in [-0.25, -0.2) is 0 Å². The van der Waals surface area contributed by atoms with E-state index < -0.39 is 11.9 Å². The van der Waals surface area contributed by atoms with Crippen LogP contribution in [-0.2, 0) is 9.59 Å². The van der Waals surface area contributed by atoms with E-state index >= 15 is 0 Å². The van der Waals surface area contributed by atoms with Crippen molar-refractivity contribution in [1.82, 2.24) is 10.3 Å². The Morgan fingerprint density at radius 3 is 2.59 bits per heavy atom. The summed E-state index contributed by atoms with van der Waals surface area (Å²) in [5.74, 6) is -1.93. The Labute approximate surface area is 98.9 Å². The first kappa shape index (κ1) is 11.6. The molecule has 1 fully saturated rings. The minimum Gasteiger partial charge on any atom is -0.481 e. The van der Waals surface area contributed by atoms with Crippen LogP contribution in [0.5, 0.6) is 0 Å². The van der Waals surface area contributed by atoms with Gasteiger partial charge in [0.1, 0.15) is 0 Å². The van der Waals surface area contributed by atoms with E-state index in [2.05, 4.69) is 10.3 Å². The Morgan fingerprint density at radius 1 is 1.41 bits per heavy atom. The lowest BCUT2D eigenvalue weighted by atomic mass is 10.1. The molecule has 90 valence electrons. The largest absolute Gasteiger partial charge is 0.481 e. The number of hydrogen-bond acceptors (Lipinski definition) is 3. The standard InChI is InChI=1S/C12H14N2O3/c1-7(8-2-4-13-5-3-8)14-11(15)9-6-10(9)12(16)17/h2-5,7,9-10H,6H2,1H3,(H,14,15)(H,16,17)/t7-,9-,10+/m1/s1. The van der Waals surface area contributed by atoms with Gasteiger partial charge in [-0.05, 0) is 31.0 Å². The van der Waals surface area contributed by atoms with Gasteiger partial charge in [-0.15, -0.1) is 0 Å². The highest BCUT2D eigenvalue weighted by Gasteiger charge is 2.48. The third-order valence-electron chi connectivity index (χ3n) is 3.01. The van der Waals surface area contributed by atoms with Crippen LogP contribution < -0.4 is 5.32 Å². The molecule has 0 aromatic carbocycles. The number of aliphatic carboxylic acids is 1. The molecular formula is C12H14N2O3. The first-order valence-corrected chi connectivity index (χ1v) is 5.52. The Kier molecular flexibility index (Phi) is 3.08. The molecule has 17 heavy (non-hydrogen) atoms. The summed E-state index contributed by atoms with van der Waals surface area (Å²) >= 11 is 0. The average molecular weight is 234 g/mol. The van der Waals surface area contributed by atoms with Gasteiger partial charge in [0, 0.05) is 12.4 Å². The lowest BCUT2D eigenvalue weighted by molar-refractivity contribution is -0.140. The molecule has 0 saturated heterocycles. The van der Waals surface area contributed by atoms with Gasteiger partial charge in [0.2, 0.25) is 5.91 Å². The highest BCUT2D eigenvalue weighted by molar-refractivity contribution is 5.89. The van der Waals surface area contributed by atoms with Crippen LogP contribution in [0.2, 0.25) is 0 Å². The van der Waals surface area contributed by atoms with Crippen molar-refractivity contribution in [2.45, 2.75) is 19.4 Å². The van der Waals surface area contributed by atoms with Crippen LogP contribution in [0.15, 0.2) is 24.5 Å². The number of hydrogen-bond donors (Lipinski definition) is 2. The first-order valence-electron chi connectivity index (χ1n) is 5.52. The molecule has 1 aromatic rings. The Balaban J connectivity index is 1.90. The zero-order valence-corrected chi connectivity index (χ0v) is 9.46. The highest BCUT2D eigenvalue weighted by atomic mass is 16.4. The van der Waals surface area contributed by atoms with Gasteiger partial charge < -0.3 is 10.4 Å². The van der Waals surface area contributed by atoms with Crippen molar-refractivity contribution in [2.24, 2.45) is 11.8 Å². The van der Waals surface area contributed by atoms with Gasteiger partial charge in [0.05, 0.1) is 17.9 Å². The predicted molar refractivity (Wildman–Crippen MR) is 60.0 cm³/mol. The number of nitrogens with zero attached hydrogens (tertiary/aromatic N) is 1. The minimum atomic E-state index is -0.887. The van der Waals surface area contributed by atoms with Crippen molar-refractivity contribution in [3.63, 3.8) is 0 Å². The quantitative estimate of drug-likeness (QED) is 0.813. The molecule has 1 aliphatic rings. The third-order valence-corrected chi connectivity index (χ3v) is 3.01. The SMILES string of the molecule is C[C@@H](NC(=O)[C@@H]1C[C@@H]1C(=O)O)c1ccncc1. The first-order chi connectivity index (χ1) is 8.09. The fourth-order valence-electron chi connectivity index (χ4n) is 1.81. The number of carboxylic acid groups (broad SMARTS) is 1. The molecule has 0 unspecified atom stereocenters. The second-order valence-electron chi connectivity index (χ2n) is 4.30. The topological polar surface area (TPSA) is 79.3 Å². The summed E-state index contributed by atoms with van der Waals surface area (Å²) < 4.78 is 0. The van der Waals surface area contributed by atoms with Crippen LogP contribution in [0, 0.1) is 11.8 Å². The molecule has 3 atom stereocenters. The molecule has 0 bridgehead atoms. The van der Waals surface area contributed by atoms with Crippen LogP contribution in [-0.4, -0.2) is 22.0 Å². The van der Waals surface area contributed by atoms with Crippen LogP contribution in [0.25, 0.3) is 0 Å². The van der Waals surface area contributed by atoms with Crippen LogP contribution in [0.3, 0.4) is 0 Å². The molecule has 1 amide bonds. The van der Waals surface area contributed by atoms with Crippen molar-refractivity contribution >= 4 is 11.9 Å². The smallest absolute Gasteiger partial charge is 0.307 e. The van der Waals surface area contributed by atoms with Gasteiger partial charge in [0.25, 0.3) is 0 Å². The maximum atomic E-state index is 11.7. The average Bonchev–Trinajstić information content (AvgIpc) is 3.10. The molecule has 1 aromatic heterocycles. The van der Waals surface area contributed by atoms with Gasteiger partial charge in [0.15, 0.2) is 0 Å². The Morgan fingerprint density at radius 2 is 2.06 bits per heavy atom. The molecule has 5 heteroatoms. The monoisotopic (exact) mass is 234 g/mol. The number of carboxylic acids is 1. The zero-order chi connectivity index (χ0) is 12.4. The number of carbonyl (C=O) groups is 2. The van der Waals surface area contributed by atoms with Gasteiger partial charge >= 0.3 is 5.97 Å². The van der Waals surface area contributed by atoms with Crippen LogP contribution in [0.4, 0.5) is 0 Å². The van der Waals surface area contributed by atoms with E-state index in [0.29, 0.717) is 6.42 Å². The predicted octanol–water partition coefficient (Wildman–Crippen LogP) is 0.979. The van der Waals surface area contributed by atoms with Gasteiger partial charge in [-0.1, -0.05) is 0 Å². The normalized spacial score (nSPS) is 23.8. The van der Waals surface area contributed by atoms with Crippen molar-refractivity contribution in [3.05, 3.63) is 30.1 Å². The fraction of sp³-hybridized carbons (Fsp3) is 0.417. The molecule has 0 radical (unpaired) electrons. The molecular weight excluding hydrogens is 220 g/mol.